The standard InChI is InChI=1S/C14H20N4O4/c19-11-5-17(6-12(20)15-11)9-3-1-2-4-10(9)18-7-13(21)16-14(22)8-18/h9-10H,1-8H2,(H,15,19,20)(H,16,21,22)/t9-,10-/m0/s1. The Hall–Kier alpha value is -1.80. The maximum absolute atomic E-state index is 11.6. The molecular weight excluding hydrogens is 288 g/mol. The Labute approximate surface area is 128 Å². The molecule has 4 amide bonds. The van der Waals surface area contributed by atoms with Crippen LogP contribution in [0.5, 0.6) is 0 Å². The molecule has 0 radical (unpaired) electrons. The molecule has 0 bridgehead atoms. The second-order valence-corrected chi connectivity index (χ2v) is 6.17. The zero-order valence-corrected chi connectivity index (χ0v) is 12.3. The number of hydrogen-bond acceptors (Lipinski definition) is 6. The first-order valence-corrected chi connectivity index (χ1v) is 7.66. The monoisotopic (exact) mass is 308 g/mol. The van der Waals surface area contributed by atoms with Crippen molar-refractivity contribution in [3.8, 4) is 0 Å². The van der Waals surface area contributed by atoms with Crippen molar-refractivity contribution in [2.24, 2.45) is 0 Å². The summed E-state index contributed by atoms with van der Waals surface area (Å²) in [7, 11) is 0. The van der Waals surface area contributed by atoms with Crippen molar-refractivity contribution in [3.05, 3.63) is 0 Å². The smallest absolute Gasteiger partial charge is 0.240 e. The van der Waals surface area contributed by atoms with E-state index < -0.39 is 0 Å². The van der Waals surface area contributed by atoms with Crippen molar-refractivity contribution >= 4 is 23.6 Å². The van der Waals surface area contributed by atoms with Gasteiger partial charge in [-0.3, -0.25) is 39.6 Å². The van der Waals surface area contributed by atoms with Gasteiger partial charge in [0.05, 0.1) is 26.2 Å². The summed E-state index contributed by atoms with van der Waals surface area (Å²) in [5.41, 5.74) is 0. The van der Waals surface area contributed by atoms with Gasteiger partial charge in [-0.15, -0.1) is 0 Å². The van der Waals surface area contributed by atoms with E-state index in [1.165, 1.54) is 0 Å². The first-order valence-electron chi connectivity index (χ1n) is 7.66. The Morgan fingerprint density at radius 2 is 0.955 bits per heavy atom. The summed E-state index contributed by atoms with van der Waals surface area (Å²) < 4.78 is 0. The average molecular weight is 308 g/mol. The van der Waals surface area contributed by atoms with Crippen molar-refractivity contribution in [3.63, 3.8) is 0 Å². The topological polar surface area (TPSA) is 98.8 Å². The van der Waals surface area contributed by atoms with Gasteiger partial charge in [-0.25, -0.2) is 0 Å². The summed E-state index contributed by atoms with van der Waals surface area (Å²) in [6, 6.07) is 0.0601. The molecule has 0 aromatic carbocycles. The van der Waals surface area contributed by atoms with Crippen LogP contribution in [0, 0.1) is 0 Å². The van der Waals surface area contributed by atoms with Crippen molar-refractivity contribution in [1.29, 1.82) is 0 Å². The Morgan fingerprint density at radius 1 is 0.636 bits per heavy atom. The van der Waals surface area contributed by atoms with E-state index in [2.05, 4.69) is 10.6 Å². The number of nitrogens with one attached hydrogen (secondary N) is 2. The summed E-state index contributed by atoms with van der Waals surface area (Å²) in [5, 5.41) is 4.61. The molecule has 22 heavy (non-hydrogen) atoms. The van der Waals surface area contributed by atoms with E-state index in [4.69, 9.17) is 0 Å². The van der Waals surface area contributed by atoms with Crippen LogP contribution in [-0.2, 0) is 19.2 Å². The molecule has 0 spiro atoms. The predicted molar refractivity (Wildman–Crippen MR) is 75.5 cm³/mol. The molecule has 120 valence electrons. The fourth-order valence-corrected chi connectivity index (χ4v) is 3.73. The van der Waals surface area contributed by atoms with Gasteiger partial charge in [-0.1, -0.05) is 12.8 Å². The third kappa shape index (κ3) is 3.17. The van der Waals surface area contributed by atoms with Gasteiger partial charge in [-0.05, 0) is 12.8 Å². The quantitative estimate of drug-likeness (QED) is 0.585. The third-order valence-corrected chi connectivity index (χ3v) is 4.58. The van der Waals surface area contributed by atoms with Crippen LogP contribution in [-0.4, -0.2) is 71.7 Å². The van der Waals surface area contributed by atoms with Crippen molar-refractivity contribution in [1.82, 2.24) is 20.4 Å². The summed E-state index contributed by atoms with van der Waals surface area (Å²) >= 11 is 0. The van der Waals surface area contributed by atoms with E-state index in [1.54, 1.807) is 0 Å². The summed E-state index contributed by atoms with van der Waals surface area (Å²) in [6.07, 6.45) is 3.80. The minimum Gasteiger partial charge on any atom is -0.294 e. The minimum absolute atomic E-state index is 0.0300. The number of piperazine rings is 2. The first kappa shape index (κ1) is 15.1. The van der Waals surface area contributed by atoms with Crippen molar-refractivity contribution in [2.45, 2.75) is 37.8 Å². The molecule has 2 heterocycles. The van der Waals surface area contributed by atoms with Crippen LogP contribution in [0.4, 0.5) is 0 Å². The molecule has 1 aliphatic carbocycles. The maximum Gasteiger partial charge on any atom is 0.240 e. The molecule has 0 aromatic heterocycles. The summed E-state index contributed by atoms with van der Waals surface area (Å²) in [4.78, 5) is 50.2. The molecule has 0 aromatic rings. The zero-order valence-electron chi connectivity index (χ0n) is 12.3. The minimum atomic E-state index is -0.284. The summed E-state index contributed by atoms with van der Waals surface area (Å²) in [6.45, 7) is 0.781. The van der Waals surface area contributed by atoms with E-state index in [9.17, 15) is 19.2 Å². The highest BCUT2D eigenvalue weighted by atomic mass is 16.2. The van der Waals surface area contributed by atoms with Gasteiger partial charge in [0.1, 0.15) is 0 Å². The highest BCUT2D eigenvalue weighted by Gasteiger charge is 2.39. The lowest BCUT2D eigenvalue weighted by molar-refractivity contribution is -0.142. The third-order valence-electron chi connectivity index (χ3n) is 4.58. The fraction of sp³-hybridized carbons (Fsp3) is 0.714. The van der Waals surface area contributed by atoms with Crippen LogP contribution >= 0.6 is 0 Å². The normalized spacial score (nSPS) is 31.8. The molecule has 2 saturated heterocycles. The first-order chi connectivity index (χ1) is 10.5. The number of amides is 4. The molecule has 2 N–H and O–H groups in total. The Morgan fingerprint density at radius 3 is 1.27 bits per heavy atom. The molecule has 1 saturated carbocycles. The van der Waals surface area contributed by atoms with E-state index in [0.29, 0.717) is 0 Å². The van der Waals surface area contributed by atoms with E-state index in [0.717, 1.165) is 25.7 Å². The molecule has 8 nitrogen and oxygen atoms in total. The number of carbonyl (C=O) groups is 4. The average Bonchev–Trinajstić information content (AvgIpc) is 2.45. The zero-order chi connectivity index (χ0) is 15.7. The maximum atomic E-state index is 11.6. The van der Waals surface area contributed by atoms with Gasteiger partial charge < -0.3 is 0 Å². The molecule has 3 fully saturated rings. The van der Waals surface area contributed by atoms with Gasteiger partial charge in [0.25, 0.3) is 0 Å². The Bertz CT molecular complexity index is 443. The summed E-state index contributed by atoms with van der Waals surface area (Å²) in [5.74, 6) is -1.14. The van der Waals surface area contributed by atoms with Crippen LogP contribution in [0.25, 0.3) is 0 Å². The molecular formula is C14H20N4O4. The number of hydrogen-bond donors (Lipinski definition) is 2. The van der Waals surface area contributed by atoms with Crippen molar-refractivity contribution in [2.75, 3.05) is 26.2 Å². The van der Waals surface area contributed by atoms with E-state index in [1.807, 2.05) is 9.80 Å². The Balaban J connectivity index is 1.76. The van der Waals surface area contributed by atoms with Crippen LogP contribution in [0.2, 0.25) is 0 Å². The van der Waals surface area contributed by atoms with Crippen LogP contribution in [0.15, 0.2) is 0 Å². The number of nitrogens with zero attached hydrogens (tertiary/aromatic N) is 2. The highest BCUT2D eigenvalue weighted by Crippen LogP contribution is 2.28. The van der Waals surface area contributed by atoms with Gasteiger partial charge in [0, 0.05) is 12.1 Å². The van der Waals surface area contributed by atoms with Crippen LogP contribution < -0.4 is 10.6 Å². The highest BCUT2D eigenvalue weighted by molar-refractivity contribution is 6.00. The molecule has 8 heteroatoms. The number of carbonyl (C=O) groups excluding carboxylic acids is 4. The van der Waals surface area contributed by atoms with E-state index in [-0.39, 0.29) is 61.9 Å². The lowest BCUT2D eigenvalue weighted by Crippen LogP contribution is -2.64. The van der Waals surface area contributed by atoms with Gasteiger partial charge in [-0.2, -0.15) is 0 Å². The lowest BCUT2D eigenvalue weighted by atomic mass is 9.87. The fourth-order valence-electron chi connectivity index (χ4n) is 3.73. The van der Waals surface area contributed by atoms with Crippen molar-refractivity contribution < 1.29 is 19.2 Å². The SMILES string of the molecule is O=C1CN([C@H]2CCCC[C@@H]2N2CC(=O)NC(=O)C2)CC(=O)N1. The number of imide groups is 2. The lowest BCUT2D eigenvalue weighted by Gasteiger charge is -2.45. The largest absolute Gasteiger partial charge is 0.294 e. The number of rotatable bonds is 2. The molecule has 0 unspecified atom stereocenters. The van der Waals surface area contributed by atoms with E-state index >= 15 is 0 Å². The van der Waals surface area contributed by atoms with Gasteiger partial charge in [0.2, 0.25) is 23.6 Å². The Kier molecular flexibility index (Phi) is 4.21. The predicted octanol–water partition coefficient (Wildman–Crippen LogP) is -1.79. The molecule has 3 aliphatic rings. The molecule has 3 rings (SSSR count). The second kappa shape index (κ2) is 6.13. The molecule has 2 atom stereocenters. The van der Waals surface area contributed by atoms with Crippen LogP contribution in [0.1, 0.15) is 25.7 Å². The van der Waals surface area contributed by atoms with Gasteiger partial charge in [0.15, 0.2) is 0 Å². The second-order valence-electron chi connectivity index (χ2n) is 6.17. The molecule has 2 aliphatic heterocycles. The van der Waals surface area contributed by atoms with Crippen LogP contribution in [0.3, 0.4) is 0 Å². The van der Waals surface area contributed by atoms with Gasteiger partial charge >= 0.3 is 0 Å².